The van der Waals surface area contributed by atoms with E-state index >= 15 is 0 Å². The van der Waals surface area contributed by atoms with Gasteiger partial charge in [0.15, 0.2) is 0 Å². The minimum Gasteiger partial charge on any atom is -0.397 e. The van der Waals surface area contributed by atoms with Crippen LogP contribution in [0, 0.1) is 0 Å². The molecular weight excluding hydrogens is 324 g/mol. The Morgan fingerprint density at radius 3 is 2.33 bits per heavy atom. The number of rotatable bonds is 1. The molecule has 4 rings (SSSR count). The molecule has 0 saturated carbocycles. The number of benzene rings is 3. The van der Waals surface area contributed by atoms with Gasteiger partial charge in [0, 0.05) is 15.2 Å². The van der Waals surface area contributed by atoms with Crippen molar-refractivity contribution in [1.82, 2.24) is 4.57 Å². The number of aromatic nitrogens is 1. The van der Waals surface area contributed by atoms with Gasteiger partial charge in [-0.1, -0.05) is 42.5 Å². The molecule has 0 aliphatic heterocycles. The summed E-state index contributed by atoms with van der Waals surface area (Å²) in [6.45, 7) is 0. The Kier molecular flexibility index (Phi) is 2.76. The van der Waals surface area contributed by atoms with Crippen LogP contribution in [-0.4, -0.2) is 4.57 Å². The standard InChI is InChI=1S/C18H13BrN2/c19-14-8-5-7-13-12-6-1-3-10-16(12)21(18(13)14)17-11-4-2-9-15(17)20/h1-11H,20H2. The van der Waals surface area contributed by atoms with Gasteiger partial charge in [-0.15, -0.1) is 0 Å². The van der Waals surface area contributed by atoms with E-state index in [9.17, 15) is 0 Å². The van der Waals surface area contributed by atoms with E-state index in [0.717, 1.165) is 26.9 Å². The average Bonchev–Trinajstić information content (AvgIpc) is 2.84. The van der Waals surface area contributed by atoms with Crippen LogP contribution in [0.4, 0.5) is 5.69 Å². The molecule has 102 valence electrons. The fraction of sp³-hybridized carbons (Fsp3) is 0. The van der Waals surface area contributed by atoms with Gasteiger partial charge in [0.1, 0.15) is 0 Å². The van der Waals surface area contributed by atoms with E-state index in [1.807, 2.05) is 18.2 Å². The predicted octanol–water partition coefficient (Wildman–Crippen LogP) is 5.13. The molecule has 2 nitrogen and oxygen atoms in total. The van der Waals surface area contributed by atoms with Crippen molar-refractivity contribution < 1.29 is 0 Å². The molecule has 2 N–H and O–H groups in total. The Balaban J connectivity index is 2.28. The van der Waals surface area contributed by atoms with E-state index in [-0.39, 0.29) is 0 Å². The van der Waals surface area contributed by atoms with Crippen molar-refractivity contribution >= 4 is 43.4 Å². The monoisotopic (exact) mass is 336 g/mol. The summed E-state index contributed by atoms with van der Waals surface area (Å²) in [6.07, 6.45) is 0. The summed E-state index contributed by atoms with van der Waals surface area (Å²) in [6, 6.07) is 22.7. The second-order valence-corrected chi connectivity index (χ2v) is 5.90. The highest BCUT2D eigenvalue weighted by Crippen LogP contribution is 2.36. The van der Waals surface area contributed by atoms with Crippen LogP contribution in [0.5, 0.6) is 0 Å². The van der Waals surface area contributed by atoms with Gasteiger partial charge in [-0.3, -0.25) is 0 Å². The SMILES string of the molecule is Nc1ccccc1-n1c2ccccc2c2cccc(Br)c21. The Bertz CT molecular complexity index is 969. The average molecular weight is 337 g/mol. The number of hydrogen-bond donors (Lipinski definition) is 1. The summed E-state index contributed by atoms with van der Waals surface area (Å²) in [5, 5.41) is 2.46. The molecule has 1 heterocycles. The lowest BCUT2D eigenvalue weighted by atomic mass is 10.2. The van der Waals surface area contributed by atoms with E-state index in [1.165, 1.54) is 10.8 Å². The highest BCUT2D eigenvalue weighted by Gasteiger charge is 2.14. The Labute approximate surface area is 130 Å². The molecule has 0 radical (unpaired) electrons. The van der Waals surface area contributed by atoms with Crippen LogP contribution in [0.25, 0.3) is 27.5 Å². The molecule has 0 fully saturated rings. The van der Waals surface area contributed by atoms with Gasteiger partial charge in [-0.25, -0.2) is 0 Å². The van der Waals surface area contributed by atoms with Crippen LogP contribution >= 0.6 is 15.9 Å². The summed E-state index contributed by atoms with van der Waals surface area (Å²) in [5.74, 6) is 0. The van der Waals surface area contributed by atoms with Crippen LogP contribution in [-0.2, 0) is 0 Å². The maximum atomic E-state index is 6.21. The topological polar surface area (TPSA) is 30.9 Å². The first-order valence-electron chi connectivity index (χ1n) is 6.80. The molecule has 0 spiro atoms. The summed E-state index contributed by atoms with van der Waals surface area (Å²) in [5.41, 5.74) is 10.3. The smallest absolute Gasteiger partial charge is 0.0692 e. The number of nitrogens with two attached hydrogens (primary N) is 1. The van der Waals surface area contributed by atoms with Gasteiger partial charge >= 0.3 is 0 Å². The number of nitrogen functional groups attached to an aromatic ring is 1. The molecule has 0 aliphatic carbocycles. The highest BCUT2D eigenvalue weighted by molar-refractivity contribution is 9.10. The van der Waals surface area contributed by atoms with Crippen molar-refractivity contribution in [2.24, 2.45) is 0 Å². The van der Waals surface area contributed by atoms with Crippen molar-refractivity contribution in [2.75, 3.05) is 5.73 Å². The van der Waals surface area contributed by atoms with Crippen LogP contribution in [0.1, 0.15) is 0 Å². The Hall–Kier alpha value is -2.26. The fourth-order valence-corrected chi connectivity index (χ4v) is 3.46. The van der Waals surface area contributed by atoms with Gasteiger partial charge in [0.2, 0.25) is 0 Å². The first-order chi connectivity index (χ1) is 10.3. The van der Waals surface area contributed by atoms with Crippen molar-refractivity contribution in [3.63, 3.8) is 0 Å². The highest BCUT2D eigenvalue weighted by atomic mass is 79.9. The van der Waals surface area contributed by atoms with Crippen LogP contribution < -0.4 is 5.73 Å². The molecule has 0 amide bonds. The third kappa shape index (κ3) is 1.78. The maximum absolute atomic E-state index is 6.21. The van der Waals surface area contributed by atoms with E-state index in [4.69, 9.17) is 5.73 Å². The van der Waals surface area contributed by atoms with Crippen molar-refractivity contribution in [2.45, 2.75) is 0 Å². The summed E-state index contributed by atoms with van der Waals surface area (Å²) in [7, 11) is 0. The second-order valence-electron chi connectivity index (χ2n) is 5.05. The van der Waals surface area contributed by atoms with Gasteiger partial charge in [-0.05, 0) is 40.2 Å². The largest absolute Gasteiger partial charge is 0.397 e. The first-order valence-corrected chi connectivity index (χ1v) is 7.59. The first kappa shape index (κ1) is 12.5. The van der Waals surface area contributed by atoms with Gasteiger partial charge in [0.25, 0.3) is 0 Å². The number of hydrogen-bond acceptors (Lipinski definition) is 1. The number of nitrogens with zero attached hydrogens (tertiary/aromatic N) is 1. The molecular formula is C18H13BrN2. The van der Waals surface area contributed by atoms with E-state index in [1.54, 1.807) is 0 Å². The number of halogens is 1. The zero-order valence-electron chi connectivity index (χ0n) is 11.3. The lowest BCUT2D eigenvalue weighted by molar-refractivity contribution is 1.18. The van der Waals surface area contributed by atoms with E-state index < -0.39 is 0 Å². The molecule has 0 unspecified atom stereocenters. The maximum Gasteiger partial charge on any atom is 0.0692 e. The van der Waals surface area contributed by atoms with Gasteiger partial charge < -0.3 is 10.3 Å². The fourth-order valence-electron chi connectivity index (χ4n) is 2.92. The molecule has 0 saturated heterocycles. The summed E-state index contributed by atoms with van der Waals surface area (Å²) in [4.78, 5) is 0. The zero-order valence-corrected chi connectivity index (χ0v) is 12.8. The number of para-hydroxylation sites is 4. The quantitative estimate of drug-likeness (QED) is 0.480. The Morgan fingerprint density at radius 2 is 1.48 bits per heavy atom. The molecule has 0 bridgehead atoms. The van der Waals surface area contributed by atoms with Gasteiger partial charge in [-0.2, -0.15) is 0 Å². The Morgan fingerprint density at radius 1 is 0.762 bits per heavy atom. The predicted molar refractivity (Wildman–Crippen MR) is 92.9 cm³/mol. The summed E-state index contributed by atoms with van der Waals surface area (Å²) < 4.78 is 3.30. The van der Waals surface area contributed by atoms with Crippen molar-refractivity contribution in [1.29, 1.82) is 0 Å². The molecule has 21 heavy (non-hydrogen) atoms. The van der Waals surface area contributed by atoms with Crippen molar-refractivity contribution in [3.8, 4) is 5.69 Å². The normalized spacial score (nSPS) is 11.3. The molecule has 3 aromatic carbocycles. The minimum absolute atomic E-state index is 0.774. The van der Waals surface area contributed by atoms with Crippen molar-refractivity contribution in [3.05, 3.63) is 71.2 Å². The van der Waals surface area contributed by atoms with Crippen LogP contribution in [0.2, 0.25) is 0 Å². The van der Waals surface area contributed by atoms with Crippen LogP contribution in [0.15, 0.2) is 71.2 Å². The minimum atomic E-state index is 0.774. The third-order valence-corrected chi connectivity index (χ3v) is 4.46. The number of anilines is 1. The summed E-state index contributed by atoms with van der Waals surface area (Å²) >= 11 is 3.69. The third-order valence-electron chi connectivity index (χ3n) is 3.82. The lowest BCUT2D eigenvalue weighted by Crippen LogP contribution is -1.99. The second kappa shape index (κ2) is 4.64. The molecule has 0 atom stereocenters. The lowest BCUT2D eigenvalue weighted by Gasteiger charge is -2.11. The molecule has 1 aromatic heterocycles. The number of fused-ring (bicyclic) bond motifs is 3. The van der Waals surface area contributed by atoms with Crippen LogP contribution in [0.3, 0.4) is 0 Å². The van der Waals surface area contributed by atoms with E-state index in [2.05, 4.69) is 69.0 Å². The molecule has 0 aliphatic rings. The molecule has 4 aromatic rings. The zero-order chi connectivity index (χ0) is 14.4. The van der Waals surface area contributed by atoms with E-state index in [0.29, 0.717) is 0 Å². The van der Waals surface area contributed by atoms with Gasteiger partial charge in [0.05, 0.1) is 22.4 Å². The molecule has 3 heteroatoms.